The highest BCUT2D eigenvalue weighted by atomic mass is 19.1. The van der Waals surface area contributed by atoms with E-state index in [-0.39, 0.29) is 11.9 Å². The molecule has 1 aliphatic rings. The van der Waals surface area contributed by atoms with Crippen molar-refractivity contribution in [1.82, 2.24) is 9.55 Å². The molecule has 3 rings (SSSR count). The van der Waals surface area contributed by atoms with Crippen LogP contribution >= 0.6 is 0 Å². The summed E-state index contributed by atoms with van der Waals surface area (Å²) in [6, 6.07) is 3.16. The smallest absolute Gasteiger partial charge is 0.128 e. The number of nitrogens with zero attached hydrogens (tertiary/aromatic N) is 2. The van der Waals surface area contributed by atoms with Crippen LogP contribution in [0.15, 0.2) is 12.1 Å². The van der Waals surface area contributed by atoms with E-state index in [2.05, 4.69) is 9.55 Å². The Labute approximate surface area is 99.4 Å². The number of halogens is 1. The zero-order chi connectivity index (χ0) is 12.0. The number of hydrogen-bond donors (Lipinski definition) is 1. The average Bonchev–Trinajstić information content (AvgIpc) is 2.51. The van der Waals surface area contributed by atoms with Gasteiger partial charge in [0.15, 0.2) is 0 Å². The second kappa shape index (κ2) is 3.81. The van der Waals surface area contributed by atoms with E-state index in [4.69, 9.17) is 5.73 Å². The molecule has 4 heteroatoms. The van der Waals surface area contributed by atoms with Crippen LogP contribution in [0.2, 0.25) is 0 Å². The van der Waals surface area contributed by atoms with Gasteiger partial charge in [-0.1, -0.05) is 0 Å². The molecule has 0 fully saturated rings. The summed E-state index contributed by atoms with van der Waals surface area (Å²) in [7, 11) is 0. The lowest BCUT2D eigenvalue weighted by molar-refractivity contribution is 0.583. The van der Waals surface area contributed by atoms with Crippen LogP contribution in [-0.4, -0.2) is 9.55 Å². The lowest BCUT2D eigenvalue weighted by atomic mass is 10.1. The molecule has 0 spiro atoms. The van der Waals surface area contributed by atoms with Gasteiger partial charge in [0.05, 0.1) is 17.1 Å². The molecular formula is C13H16FN3. The van der Waals surface area contributed by atoms with Crippen LogP contribution in [-0.2, 0) is 13.0 Å². The fraction of sp³-hybridized carbons (Fsp3) is 0.462. The number of aromatic nitrogens is 2. The van der Waals surface area contributed by atoms with Crippen molar-refractivity contribution in [3.63, 3.8) is 0 Å². The molecule has 0 saturated heterocycles. The lowest BCUT2D eigenvalue weighted by Gasteiger charge is -2.09. The molecule has 0 saturated carbocycles. The Morgan fingerprint density at radius 1 is 1.41 bits per heavy atom. The number of nitrogens with two attached hydrogens (primary N) is 1. The van der Waals surface area contributed by atoms with E-state index in [9.17, 15) is 4.39 Å². The highest BCUT2D eigenvalue weighted by Crippen LogP contribution is 2.29. The van der Waals surface area contributed by atoms with Gasteiger partial charge in [-0.15, -0.1) is 0 Å². The maximum absolute atomic E-state index is 13.9. The monoisotopic (exact) mass is 233 g/mol. The van der Waals surface area contributed by atoms with Gasteiger partial charge in [0.25, 0.3) is 0 Å². The van der Waals surface area contributed by atoms with Crippen molar-refractivity contribution >= 4 is 11.0 Å². The van der Waals surface area contributed by atoms with Crippen LogP contribution in [0.5, 0.6) is 0 Å². The zero-order valence-corrected chi connectivity index (χ0v) is 9.91. The molecule has 2 heterocycles. The van der Waals surface area contributed by atoms with Gasteiger partial charge in [-0.25, -0.2) is 9.37 Å². The number of aryl methyl sites for hydroxylation is 2. The number of hydrogen-bond acceptors (Lipinski definition) is 2. The molecule has 0 bridgehead atoms. The molecule has 1 atom stereocenters. The summed E-state index contributed by atoms with van der Waals surface area (Å²) in [6.07, 6.45) is 2.88. The first-order valence-electron chi connectivity index (χ1n) is 6.11. The van der Waals surface area contributed by atoms with Crippen molar-refractivity contribution in [3.8, 4) is 0 Å². The third kappa shape index (κ3) is 1.55. The largest absolute Gasteiger partial charge is 0.326 e. The Hall–Kier alpha value is -1.42. The van der Waals surface area contributed by atoms with E-state index < -0.39 is 0 Å². The molecule has 0 amide bonds. The Kier molecular flexibility index (Phi) is 2.40. The minimum atomic E-state index is -0.114. The summed E-state index contributed by atoms with van der Waals surface area (Å²) in [4.78, 5) is 4.54. The first-order chi connectivity index (χ1) is 8.18. The van der Waals surface area contributed by atoms with E-state index in [1.54, 1.807) is 6.07 Å². The fourth-order valence-corrected chi connectivity index (χ4v) is 2.67. The normalized spacial score (nSPS) is 17.1. The molecule has 0 radical (unpaired) electrons. The average molecular weight is 233 g/mol. The van der Waals surface area contributed by atoms with Crippen LogP contribution in [0.3, 0.4) is 0 Å². The van der Waals surface area contributed by atoms with Crippen molar-refractivity contribution in [1.29, 1.82) is 0 Å². The van der Waals surface area contributed by atoms with Crippen molar-refractivity contribution < 1.29 is 4.39 Å². The van der Waals surface area contributed by atoms with Gasteiger partial charge in [-0.3, -0.25) is 0 Å². The van der Waals surface area contributed by atoms with E-state index in [1.165, 1.54) is 6.07 Å². The SMILES string of the molecule is C[C@H](N)c1nc2ccc(F)c3c2n1CCCC3. The van der Waals surface area contributed by atoms with E-state index >= 15 is 0 Å². The van der Waals surface area contributed by atoms with Gasteiger partial charge >= 0.3 is 0 Å². The number of imidazole rings is 1. The third-order valence-corrected chi connectivity index (χ3v) is 3.45. The fourth-order valence-electron chi connectivity index (χ4n) is 2.67. The third-order valence-electron chi connectivity index (χ3n) is 3.45. The molecule has 2 aromatic rings. The first-order valence-corrected chi connectivity index (χ1v) is 6.11. The molecule has 0 unspecified atom stereocenters. The molecule has 90 valence electrons. The Bertz CT molecular complexity index is 572. The predicted molar refractivity (Wildman–Crippen MR) is 65.2 cm³/mol. The van der Waals surface area contributed by atoms with E-state index in [0.29, 0.717) is 0 Å². The lowest BCUT2D eigenvalue weighted by Crippen LogP contribution is -2.13. The first kappa shape index (κ1) is 10.7. The molecule has 17 heavy (non-hydrogen) atoms. The second-order valence-corrected chi connectivity index (χ2v) is 4.76. The van der Waals surface area contributed by atoms with Crippen molar-refractivity contribution in [2.24, 2.45) is 5.73 Å². The van der Waals surface area contributed by atoms with Gasteiger partial charge in [-0.2, -0.15) is 0 Å². The van der Waals surface area contributed by atoms with E-state index in [1.807, 2.05) is 6.92 Å². The predicted octanol–water partition coefficient (Wildman–Crippen LogP) is 2.53. The van der Waals surface area contributed by atoms with Gasteiger partial charge in [-0.05, 0) is 38.3 Å². The minimum absolute atomic E-state index is 0.114. The summed E-state index contributed by atoms with van der Waals surface area (Å²) in [5.74, 6) is 0.755. The topological polar surface area (TPSA) is 43.8 Å². The Morgan fingerprint density at radius 2 is 2.24 bits per heavy atom. The number of benzene rings is 1. The standard InChI is InChI=1S/C13H16FN3/c1-8(15)13-16-11-6-5-10(14)9-4-2-3-7-17(13)12(9)11/h5-6,8H,2-4,7,15H2,1H3/t8-/m0/s1. The minimum Gasteiger partial charge on any atom is -0.326 e. The molecule has 3 nitrogen and oxygen atoms in total. The van der Waals surface area contributed by atoms with Crippen LogP contribution in [0.4, 0.5) is 4.39 Å². The molecule has 1 aliphatic heterocycles. The highest BCUT2D eigenvalue weighted by molar-refractivity contribution is 5.80. The zero-order valence-electron chi connectivity index (χ0n) is 9.91. The summed E-state index contributed by atoms with van der Waals surface area (Å²) < 4.78 is 16.0. The van der Waals surface area contributed by atoms with Crippen LogP contribution in [0, 0.1) is 5.82 Å². The number of rotatable bonds is 1. The molecule has 1 aromatic carbocycles. The quantitative estimate of drug-likeness (QED) is 0.822. The van der Waals surface area contributed by atoms with Crippen LogP contribution in [0.1, 0.15) is 37.2 Å². The van der Waals surface area contributed by atoms with E-state index in [0.717, 1.165) is 48.2 Å². The Balaban J connectivity index is 2.38. The van der Waals surface area contributed by atoms with Crippen LogP contribution in [0.25, 0.3) is 11.0 Å². The van der Waals surface area contributed by atoms with Crippen molar-refractivity contribution in [2.75, 3.05) is 0 Å². The molecular weight excluding hydrogens is 217 g/mol. The van der Waals surface area contributed by atoms with Gasteiger partial charge in [0.1, 0.15) is 11.6 Å². The van der Waals surface area contributed by atoms with Crippen molar-refractivity contribution in [2.45, 2.75) is 38.8 Å². The summed E-state index contributed by atoms with van der Waals surface area (Å²) in [6.45, 7) is 2.81. The van der Waals surface area contributed by atoms with Gasteiger partial charge < -0.3 is 10.3 Å². The van der Waals surface area contributed by atoms with Crippen LogP contribution < -0.4 is 5.73 Å². The summed E-state index contributed by atoms with van der Waals surface area (Å²) in [5.41, 5.74) is 8.57. The molecule has 1 aromatic heterocycles. The van der Waals surface area contributed by atoms with Crippen molar-refractivity contribution in [3.05, 3.63) is 29.3 Å². The molecule has 0 aliphatic carbocycles. The second-order valence-electron chi connectivity index (χ2n) is 4.76. The summed E-state index contributed by atoms with van der Waals surface area (Å²) >= 11 is 0. The Morgan fingerprint density at radius 3 is 3.00 bits per heavy atom. The maximum atomic E-state index is 13.9. The van der Waals surface area contributed by atoms with Gasteiger partial charge in [0.2, 0.25) is 0 Å². The summed E-state index contributed by atoms with van der Waals surface area (Å²) in [5, 5.41) is 0. The van der Waals surface area contributed by atoms with Gasteiger partial charge in [0, 0.05) is 12.1 Å². The maximum Gasteiger partial charge on any atom is 0.128 e. The molecule has 2 N–H and O–H groups in total. The highest BCUT2D eigenvalue weighted by Gasteiger charge is 2.20.